The second-order valence-corrected chi connectivity index (χ2v) is 11.4. The summed E-state index contributed by atoms with van der Waals surface area (Å²) >= 11 is 0. The molecule has 166 valence electrons. The van der Waals surface area contributed by atoms with Crippen molar-refractivity contribution in [2.24, 2.45) is 0 Å². The van der Waals surface area contributed by atoms with Gasteiger partial charge in [0.25, 0.3) is 15.9 Å². The van der Waals surface area contributed by atoms with Gasteiger partial charge in [0.05, 0.1) is 21.0 Å². The molecule has 0 unspecified atom stereocenters. The van der Waals surface area contributed by atoms with Crippen LogP contribution in [-0.2, 0) is 20.0 Å². The number of sulfonamides is 2. The Labute approximate surface area is 182 Å². The molecule has 2 aromatic carbocycles. The van der Waals surface area contributed by atoms with Gasteiger partial charge in [-0.2, -0.15) is 0 Å². The number of hydrogen-bond donors (Lipinski definition) is 2. The molecule has 0 spiro atoms. The first-order chi connectivity index (χ1) is 14.7. The molecule has 0 aromatic heterocycles. The van der Waals surface area contributed by atoms with Crippen molar-refractivity contribution in [3.05, 3.63) is 53.6 Å². The number of rotatable bonds is 7. The van der Waals surface area contributed by atoms with Crippen molar-refractivity contribution in [3.8, 4) is 0 Å². The molecule has 4 rings (SSSR count). The van der Waals surface area contributed by atoms with Crippen LogP contribution in [0.3, 0.4) is 0 Å². The van der Waals surface area contributed by atoms with E-state index < -0.39 is 20.0 Å². The van der Waals surface area contributed by atoms with E-state index in [2.05, 4.69) is 9.44 Å². The maximum absolute atomic E-state index is 13.0. The predicted molar refractivity (Wildman–Crippen MR) is 117 cm³/mol. The summed E-state index contributed by atoms with van der Waals surface area (Å²) in [6, 6.07) is 10.0. The molecule has 1 aliphatic carbocycles. The standard InChI is InChI=1S/C21H25N3O5S2/c1-15-5-4-6-19(20(15)21(25)24-13-2-3-14-24)23-31(28,29)18-11-9-17(10-12-18)30(26,27)22-16-7-8-16/h4-6,9-12,16,22-23H,2-3,7-8,13-14H2,1H3. The highest BCUT2D eigenvalue weighted by molar-refractivity contribution is 7.92. The fraction of sp³-hybridized carbons (Fsp3) is 0.381. The normalized spacial score (nSPS) is 17.0. The minimum absolute atomic E-state index is 0.0128. The van der Waals surface area contributed by atoms with Gasteiger partial charge < -0.3 is 4.90 Å². The van der Waals surface area contributed by atoms with Crippen LogP contribution in [-0.4, -0.2) is 46.8 Å². The number of amides is 1. The van der Waals surface area contributed by atoms with Crippen LogP contribution in [0.4, 0.5) is 5.69 Å². The number of hydrogen-bond acceptors (Lipinski definition) is 5. The number of benzene rings is 2. The van der Waals surface area contributed by atoms with E-state index in [1.807, 2.05) is 0 Å². The maximum Gasteiger partial charge on any atom is 0.261 e. The maximum atomic E-state index is 13.0. The molecule has 1 amide bonds. The number of aryl methyl sites for hydroxylation is 1. The summed E-state index contributed by atoms with van der Waals surface area (Å²) < 4.78 is 55.6. The molecule has 1 heterocycles. The molecule has 1 saturated carbocycles. The van der Waals surface area contributed by atoms with Gasteiger partial charge in [-0.1, -0.05) is 12.1 Å². The fourth-order valence-electron chi connectivity index (χ4n) is 3.61. The van der Waals surface area contributed by atoms with Crippen molar-refractivity contribution in [2.75, 3.05) is 17.8 Å². The Bertz CT molecular complexity index is 1200. The molecule has 31 heavy (non-hydrogen) atoms. The van der Waals surface area contributed by atoms with E-state index in [4.69, 9.17) is 0 Å². The highest BCUT2D eigenvalue weighted by Crippen LogP contribution is 2.27. The van der Waals surface area contributed by atoms with Gasteiger partial charge in [-0.3, -0.25) is 9.52 Å². The van der Waals surface area contributed by atoms with Crippen molar-refractivity contribution in [3.63, 3.8) is 0 Å². The summed E-state index contributed by atoms with van der Waals surface area (Å²) in [5.41, 5.74) is 1.23. The number of anilines is 1. The summed E-state index contributed by atoms with van der Waals surface area (Å²) in [7, 11) is -7.69. The summed E-state index contributed by atoms with van der Waals surface area (Å²) in [6.45, 7) is 3.09. The van der Waals surface area contributed by atoms with Crippen LogP contribution in [0, 0.1) is 6.92 Å². The highest BCUT2D eigenvalue weighted by atomic mass is 32.2. The van der Waals surface area contributed by atoms with Crippen molar-refractivity contribution in [2.45, 2.75) is 48.4 Å². The van der Waals surface area contributed by atoms with Crippen LogP contribution in [0.15, 0.2) is 52.3 Å². The zero-order valence-corrected chi connectivity index (χ0v) is 18.8. The van der Waals surface area contributed by atoms with Gasteiger partial charge in [0, 0.05) is 19.1 Å². The molecule has 8 nitrogen and oxygen atoms in total. The van der Waals surface area contributed by atoms with E-state index in [9.17, 15) is 21.6 Å². The SMILES string of the molecule is Cc1cccc(NS(=O)(=O)c2ccc(S(=O)(=O)NC3CC3)cc2)c1C(=O)N1CCCC1. The predicted octanol–water partition coefficient (Wildman–Crippen LogP) is 2.47. The molecule has 2 fully saturated rings. The van der Waals surface area contributed by atoms with Gasteiger partial charge in [-0.15, -0.1) is 0 Å². The first-order valence-corrected chi connectivity index (χ1v) is 13.2. The highest BCUT2D eigenvalue weighted by Gasteiger charge is 2.29. The molecular weight excluding hydrogens is 438 g/mol. The van der Waals surface area contributed by atoms with Crippen LogP contribution < -0.4 is 9.44 Å². The topological polar surface area (TPSA) is 113 Å². The molecule has 1 saturated heterocycles. The number of likely N-dealkylation sites (tertiary alicyclic amines) is 1. The van der Waals surface area contributed by atoms with E-state index in [0.717, 1.165) is 25.7 Å². The van der Waals surface area contributed by atoms with E-state index >= 15 is 0 Å². The lowest BCUT2D eigenvalue weighted by molar-refractivity contribution is 0.0793. The third-order valence-electron chi connectivity index (χ3n) is 5.47. The van der Waals surface area contributed by atoms with Crippen molar-refractivity contribution >= 4 is 31.6 Å². The third-order valence-corrected chi connectivity index (χ3v) is 8.39. The van der Waals surface area contributed by atoms with Gasteiger partial charge in [-0.05, 0) is 68.5 Å². The lowest BCUT2D eigenvalue weighted by Crippen LogP contribution is -2.29. The molecule has 2 N–H and O–H groups in total. The van der Waals surface area contributed by atoms with E-state index in [0.29, 0.717) is 24.2 Å². The monoisotopic (exact) mass is 463 g/mol. The molecule has 0 radical (unpaired) electrons. The van der Waals surface area contributed by atoms with Crippen LogP contribution >= 0.6 is 0 Å². The Balaban J connectivity index is 1.59. The van der Waals surface area contributed by atoms with Gasteiger partial charge in [0.2, 0.25) is 10.0 Å². The minimum Gasteiger partial charge on any atom is -0.339 e. The first-order valence-electron chi connectivity index (χ1n) is 10.2. The van der Waals surface area contributed by atoms with Crippen LogP contribution in [0.1, 0.15) is 41.6 Å². The van der Waals surface area contributed by atoms with Crippen molar-refractivity contribution in [1.29, 1.82) is 0 Å². The van der Waals surface area contributed by atoms with Gasteiger partial charge in [0.15, 0.2) is 0 Å². The summed E-state index contributed by atoms with van der Waals surface area (Å²) in [6.07, 6.45) is 3.49. The first kappa shape index (κ1) is 21.8. The van der Waals surface area contributed by atoms with Crippen LogP contribution in [0.25, 0.3) is 0 Å². The molecule has 1 aliphatic heterocycles. The minimum atomic E-state index is -4.02. The number of carbonyl (C=O) groups is 1. The van der Waals surface area contributed by atoms with Gasteiger partial charge >= 0.3 is 0 Å². The Morgan fingerprint density at radius 2 is 1.48 bits per heavy atom. The molecular formula is C21H25N3O5S2. The summed E-state index contributed by atoms with van der Waals surface area (Å²) in [5, 5.41) is 0. The lowest BCUT2D eigenvalue weighted by atomic mass is 10.1. The molecule has 0 bridgehead atoms. The summed E-state index contributed by atoms with van der Waals surface area (Å²) in [4.78, 5) is 14.6. The largest absolute Gasteiger partial charge is 0.339 e. The van der Waals surface area contributed by atoms with E-state index in [-0.39, 0.29) is 27.4 Å². The molecule has 0 atom stereocenters. The Hall–Kier alpha value is -2.43. The van der Waals surface area contributed by atoms with E-state index in [1.165, 1.54) is 24.3 Å². The number of carbonyl (C=O) groups excluding carboxylic acids is 1. The van der Waals surface area contributed by atoms with Gasteiger partial charge in [-0.25, -0.2) is 21.6 Å². The third kappa shape index (κ3) is 4.76. The summed E-state index contributed by atoms with van der Waals surface area (Å²) in [5.74, 6) is -0.194. The molecule has 2 aromatic rings. The smallest absolute Gasteiger partial charge is 0.261 e. The molecule has 2 aliphatic rings. The van der Waals surface area contributed by atoms with Crippen LogP contribution in [0.5, 0.6) is 0 Å². The van der Waals surface area contributed by atoms with E-state index in [1.54, 1.807) is 30.0 Å². The average Bonchev–Trinajstić information content (AvgIpc) is 3.34. The second kappa shape index (κ2) is 8.25. The Kier molecular flexibility index (Phi) is 5.80. The number of nitrogens with zero attached hydrogens (tertiary/aromatic N) is 1. The second-order valence-electron chi connectivity index (χ2n) is 7.97. The number of nitrogens with one attached hydrogen (secondary N) is 2. The Morgan fingerprint density at radius 1 is 0.903 bits per heavy atom. The quantitative estimate of drug-likeness (QED) is 0.655. The van der Waals surface area contributed by atoms with Crippen LogP contribution in [0.2, 0.25) is 0 Å². The van der Waals surface area contributed by atoms with Crippen molar-refractivity contribution in [1.82, 2.24) is 9.62 Å². The fourth-order valence-corrected chi connectivity index (χ4v) is 5.98. The lowest BCUT2D eigenvalue weighted by Gasteiger charge is -2.20. The zero-order valence-electron chi connectivity index (χ0n) is 17.2. The Morgan fingerprint density at radius 3 is 2.06 bits per heavy atom. The average molecular weight is 464 g/mol. The van der Waals surface area contributed by atoms with Crippen molar-refractivity contribution < 1.29 is 21.6 Å². The van der Waals surface area contributed by atoms with Gasteiger partial charge in [0.1, 0.15) is 0 Å². The molecule has 10 heteroatoms. The zero-order chi connectivity index (χ0) is 22.2.